The number of carboxylic acids is 1. The van der Waals surface area contributed by atoms with Gasteiger partial charge < -0.3 is 14.4 Å². The topological polar surface area (TPSA) is 77.2 Å². The SMILES string of the molecule is O=C(O)[C@]1(c2ccccc2)CC[C@@](OCC2CC2)(c2nnc3n2CCCCC3)CC1. The summed E-state index contributed by atoms with van der Waals surface area (Å²) < 4.78 is 8.93. The number of hydrogen-bond donors (Lipinski definition) is 1. The molecule has 6 nitrogen and oxygen atoms in total. The molecule has 1 aromatic heterocycles. The molecule has 0 amide bonds. The first-order valence-corrected chi connectivity index (χ1v) is 11.5. The van der Waals surface area contributed by atoms with Crippen LogP contribution in [0.1, 0.15) is 75.0 Å². The van der Waals surface area contributed by atoms with E-state index in [0.29, 0.717) is 31.6 Å². The minimum Gasteiger partial charge on any atom is -0.481 e. The average Bonchev–Trinajstić information content (AvgIpc) is 3.56. The van der Waals surface area contributed by atoms with E-state index in [0.717, 1.165) is 49.6 Å². The highest BCUT2D eigenvalue weighted by Gasteiger charge is 2.52. The van der Waals surface area contributed by atoms with Crippen LogP contribution in [0.3, 0.4) is 0 Å². The number of hydrogen-bond acceptors (Lipinski definition) is 4. The van der Waals surface area contributed by atoms with Gasteiger partial charge in [0.05, 0.1) is 12.0 Å². The minimum absolute atomic E-state index is 0.522. The molecule has 0 spiro atoms. The normalized spacial score (nSPS) is 29.2. The summed E-state index contributed by atoms with van der Waals surface area (Å²) in [4.78, 5) is 12.5. The van der Waals surface area contributed by atoms with Gasteiger partial charge in [-0.3, -0.25) is 4.79 Å². The molecule has 2 saturated carbocycles. The molecule has 2 fully saturated rings. The van der Waals surface area contributed by atoms with E-state index >= 15 is 0 Å². The standard InChI is InChI=1S/C24H31N3O3/c28-22(29)23(19-7-3-1-4-8-19)12-14-24(15-13-23,30-17-18-10-11-18)21-26-25-20-9-5-2-6-16-27(20)21/h1,3-4,7-8,18H,2,5-6,9-17H2,(H,28,29)/t23-,24+. The van der Waals surface area contributed by atoms with Crippen molar-refractivity contribution in [2.75, 3.05) is 6.61 Å². The van der Waals surface area contributed by atoms with E-state index in [1.807, 2.05) is 30.3 Å². The molecule has 0 radical (unpaired) electrons. The first-order valence-electron chi connectivity index (χ1n) is 11.5. The Kier molecular flexibility index (Phi) is 5.13. The number of carbonyl (C=O) groups is 1. The van der Waals surface area contributed by atoms with Crippen molar-refractivity contribution in [1.29, 1.82) is 0 Å². The van der Waals surface area contributed by atoms with Crippen LogP contribution in [0.4, 0.5) is 0 Å². The highest BCUT2D eigenvalue weighted by Crippen LogP contribution is 2.50. The second-order valence-electron chi connectivity index (χ2n) is 9.40. The number of aliphatic carboxylic acids is 1. The maximum atomic E-state index is 12.5. The minimum atomic E-state index is -0.852. The number of ether oxygens (including phenoxy) is 1. The molecule has 0 saturated heterocycles. The third-order valence-electron chi connectivity index (χ3n) is 7.46. The summed E-state index contributed by atoms with van der Waals surface area (Å²) in [6.45, 7) is 1.68. The molecule has 5 rings (SSSR count). The van der Waals surface area contributed by atoms with E-state index in [1.54, 1.807) is 0 Å². The Morgan fingerprint density at radius 1 is 1.07 bits per heavy atom. The van der Waals surface area contributed by atoms with E-state index in [9.17, 15) is 9.90 Å². The van der Waals surface area contributed by atoms with Crippen LogP contribution in [-0.4, -0.2) is 32.4 Å². The lowest BCUT2D eigenvalue weighted by Crippen LogP contribution is -2.47. The lowest BCUT2D eigenvalue weighted by molar-refractivity contribution is -0.151. The third kappa shape index (κ3) is 3.45. The van der Waals surface area contributed by atoms with E-state index in [4.69, 9.17) is 4.74 Å². The van der Waals surface area contributed by atoms with Gasteiger partial charge in [0.1, 0.15) is 11.4 Å². The van der Waals surface area contributed by atoms with Crippen LogP contribution in [0.25, 0.3) is 0 Å². The first-order chi connectivity index (χ1) is 14.6. The number of fused-ring (bicyclic) bond motifs is 1. The van der Waals surface area contributed by atoms with Gasteiger partial charge in [-0.1, -0.05) is 36.8 Å². The van der Waals surface area contributed by atoms with E-state index < -0.39 is 17.0 Å². The Morgan fingerprint density at radius 3 is 2.53 bits per heavy atom. The Morgan fingerprint density at radius 2 is 1.83 bits per heavy atom. The summed E-state index contributed by atoms with van der Waals surface area (Å²) in [6.07, 6.45) is 9.39. The smallest absolute Gasteiger partial charge is 0.314 e. The van der Waals surface area contributed by atoms with Gasteiger partial charge >= 0.3 is 5.97 Å². The predicted octanol–water partition coefficient (Wildman–Crippen LogP) is 4.22. The van der Waals surface area contributed by atoms with Gasteiger partial charge in [0, 0.05) is 13.0 Å². The molecule has 0 unspecified atom stereocenters. The van der Waals surface area contributed by atoms with Crippen LogP contribution in [0, 0.1) is 5.92 Å². The van der Waals surface area contributed by atoms with Gasteiger partial charge in [0.25, 0.3) is 0 Å². The van der Waals surface area contributed by atoms with Gasteiger partial charge in [0.2, 0.25) is 0 Å². The highest BCUT2D eigenvalue weighted by atomic mass is 16.5. The van der Waals surface area contributed by atoms with E-state index in [2.05, 4.69) is 14.8 Å². The van der Waals surface area contributed by atoms with Crippen molar-refractivity contribution < 1.29 is 14.6 Å². The number of aryl methyl sites for hydroxylation is 1. The fraction of sp³-hybridized carbons (Fsp3) is 0.625. The number of aromatic nitrogens is 3. The Hall–Kier alpha value is -2.21. The number of carboxylic acid groups (broad SMARTS) is 1. The summed E-state index contributed by atoms with van der Waals surface area (Å²) in [5, 5.41) is 19.4. The van der Waals surface area contributed by atoms with E-state index in [-0.39, 0.29) is 0 Å². The number of rotatable bonds is 6. The van der Waals surface area contributed by atoms with Crippen LogP contribution in [0.2, 0.25) is 0 Å². The molecule has 1 aromatic carbocycles. The maximum Gasteiger partial charge on any atom is 0.314 e. The molecule has 6 heteroatoms. The van der Waals surface area contributed by atoms with E-state index in [1.165, 1.54) is 19.3 Å². The number of nitrogens with zero attached hydrogens (tertiary/aromatic N) is 3. The second-order valence-corrected chi connectivity index (χ2v) is 9.40. The second kappa shape index (κ2) is 7.80. The molecule has 3 aliphatic rings. The summed E-state index contributed by atoms with van der Waals surface area (Å²) in [6, 6.07) is 9.72. The molecule has 2 heterocycles. The van der Waals surface area contributed by atoms with Crippen molar-refractivity contribution in [3.63, 3.8) is 0 Å². The molecule has 1 aliphatic heterocycles. The van der Waals surface area contributed by atoms with Crippen molar-refractivity contribution in [2.45, 2.75) is 81.8 Å². The summed E-state index contributed by atoms with van der Waals surface area (Å²) in [7, 11) is 0. The van der Waals surface area contributed by atoms with Crippen LogP contribution in [0.5, 0.6) is 0 Å². The fourth-order valence-corrected chi connectivity index (χ4v) is 5.28. The highest BCUT2D eigenvalue weighted by molar-refractivity contribution is 5.81. The molecule has 2 aliphatic carbocycles. The molecule has 0 bridgehead atoms. The Labute approximate surface area is 177 Å². The lowest BCUT2D eigenvalue weighted by Gasteiger charge is -2.44. The Bertz CT molecular complexity index is 896. The van der Waals surface area contributed by atoms with Gasteiger partial charge in [-0.2, -0.15) is 0 Å². The van der Waals surface area contributed by atoms with Crippen molar-refractivity contribution in [2.24, 2.45) is 5.92 Å². The van der Waals surface area contributed by atoms with Gasteiger partial charge in [-0.05, 0) is 62.8 Å². The zero-order chi connectivity index (χ0) is 20.6. The predicted molar refractivity (Wildman–Crippen MR) is 112 cm³/mol. The molecule has 0 atom stereocenters. The zero-order valence-corrected chi connectivity index (χ0v) is 17.6. The summed E-state index contributed by atoms with van der Waals surface area (Å²) >= 11 is 0. The van der Waals surface area contributed by atoms with Crippen LogP contribution in [0.15, 0.2) is 30.3 Å². The first kappa shape index (κ1) is 19.7. The van der Waals surface area contributed by atoms with Gasteiger partial charge in [0.15, 0.2) is 5.82 Å². The van der Waals surface area contributed by atoms with Crippen molar-refractivity contribution in [3.05, 3.63) is 47.5 Å². The van der Waals surface area contributed by atoms with Crippen molar-refractivity contribution in [1.82, 2.24) is 14.8 Å². The maximum absolute atomic E-state index is 12.5. The summed E-state index contributed by atoms with van der Waals surface area (Å²) in [5.74, 6) is 1.92. The molecule has 30 heavy (non-hydrogen) atoms. The Balaban J connectivity index is 1.48. The van der Waals surface area contributed by atoms with Crippen LogP contribution >= 0.6 is 0 Å². The van der Waals surface area contributed by atoms with Crippen molar-refractivity contribution >= 4 is 5.97 Å². The summed E-state index contributed by atoms with van der Waals surface area (Å²) in [5.41, 5.74) is -0.477. The number of benzene rings is 1. The van der Waals surface area contributed by atoms with Gasteiger partial charge in [-0.25, -0.2) is 0 Å². The zero-order valence-electron chi connectivity index (χ0n) is 17.6. The average molecular weight is 410 g/mol. The largest absolute Gasteiger partial charge is 0.481 e. The van der Waals surface area contributed by atoms with Gasteiger partial charge in [-0.15, -0.1) is 10.2 Å². The molecule has 1 N–H and O–H groups in total. The van der Waals surface area contributed by atoms with Crippen molar-refractivity contribution in [3.8, 4) is 0 Å². The molecular weight excluding hydrogens is 378 g/mol. The third-order valence-corrected chi connectivity index (χ3v) is 7.46. The fourth-order valence-electron chi connectivity index (χ4n) is 5.28. The monoisotopic (exact) mass is 409 g/mol. The molecule has 2 aromatic rings. The van der Waals surface area contributed by atoms with Crippen LogP contribution in [-0.2, 0) is 33.5 Å². The molecule has 160 valence electrons. The lowest BCUT2D eigenvalue weighted by atomic mass is 9.65. The molecular formula is C24H31N3O3. The quantitative estimate of drug-likeness (QED) is 0.773. The van der Waals surface area contributed by atoms with Crippen LogP contribution < -0.4 is 0 Å².